The third kappa shape index (κ3) is 8.24. The molecule has 1 saturated heterocycles. The molecule has 5 atom stereocenters. The van der Waals surface area contributed by atoms with E-state index >= 15 is 0 Å². The molecular formula is C45H53N3O8S. The van der Waals surface area contributed by atoms with Gasteiger partial charge in [0.1, 0.15) is 11.9 Å². The van der Waals surface area contributed by atoms with Crippen molar-refractivity contribution in [1.29, 1.82) is 0 Å². The SMILES string of the molecule is C=C[C@@H]1C[C@]1(CC(=O)[C@@H]1C[C@@H]2CN1C(=O)[C@H](C1CCCC1)CC(=O)OCCCCCc1cc3c(cc(-c4ccccc4)nc3cc1C)O2)C(=O)NS(=O)(=O)C1CC1. The van der Waals surface area contributed by atoms with Crippen LogP contribution in [0.2, 0.25) is 0 Å². The van der Waals surface area contributed by atoms with Gasteiger partial charge in [0.15, 0.2) is 5.78 Å². The standard InChI is InChI=1S/C45H53N3O8S/c1-3-32-25-45(32,44(52)47-57(53,54)34-17-18-34)26-40(49)39-22-33-27-48(39)43(51)35(29-12-9-10-13-29)23-42(50)55-19-11-5-8-16-31-21-36-38(20-28(31)2)46-37(24-41(36)56-33)30-14-6-4-7-15-30/h3-4,6-7,14-15,20-21,24,29,32-35,39H,1,5,8-13,16-19,22-23,25-27H2,2H3,(H,47,52)/t32-,33-,35+,39+,45-/m1/s1. The number of ketones is 1. The van der Waals surface area contributed by atoms with Gasteiger partial charge in [0.05, 0.1) is 53.4 Å². The first-order chi connectivity index (χ1) is 27.5. The highest BCUT2D eigenvalue weighted by Crippen LogP contribution is 2.57. The topological polar surface area (TPSA) is 149 Å². The zero-order valence-corrected chi connectivity index (χ0v) is 33.6. The van der Waals surface area contributed by atoms with Crippen molar-refractivity contribution in [3.63, 3.8) is 0 Å². The van der Waals surface area contributed by atoms with E-state index in [1.165, 1.54) is 5.56 Å². The number of benzene rings is 2. The Morgan fingerprint density at radius 1 is 1.02 bits per heavy atom. The normalized spacial score (nSPS) is 27.4. The van der Waals surface area contributed by atoms with Crippen molar-refractivity contribution in [2.45, 2.75) is 114 Å². The molecule has 2 amide bonds. The number of allylic oxidation sites excluding steroid dienone is 1. The molecule has 0 unspecified atom stereocenters. The molecule has 1 aromatic heterocycles. The average molecular weight is 796 g/mol. The Bertz CT molecular complexity index is 2180. The number of Topliss-reactive ketones (excluding diaryl/α,β-unsaturated/α-hetero) is 1. The van der Waals surface area contributed by atoms with E-state index in [2.05, 4.69) is 30.4 Å². The number of fused-ring (bicyclic) bond motifs is 3. The van der Waals surface area contributed by atoms with E-state index in [-0.39, 0.29) is 55.9 Å². The number of ether oxygens (including phenoxy) is 2. The molecular weight excluding hydrogens is 743 g/mol. The number of hydrogen-bond acceptors (Lipinski definition) is 9. The molecule has 2 aromatic carbocycles. The van der Waals surface area contributed by atoms with Gasteiger partial charge in [-0.05, 0) is 99.8 Å². The fourth-order valence-corrected chi connectivity index (χ4v) is 10.9. The number of carbonyl (C=O) groups is 4. The Hall–Kier alpha value is -4.58. The third-order valence-electron chi connectivity index (χ3n) is 13.1. The summed E-state index contributed by atoms with van der Waals surface area (Å²) in [6.45, 7) is 6.34. The highest BCUT2D eigenvalue weighted by molar-refractivity contribution is 7.90. The summed E-state index contributed by atoms with van der Waals surface area (Å²) in [5.41, 5.74) is 3.47. The number of pyridine rings is 1. The highest BCUT2D eigenvalue weighted by atomic mass is 32.2. The van der Waals surface area contributed by atoms with E-state index in [1.807, 2.05) is 36.4 Å². The van der Waals surface area contributed by atoms with Crippen molar-refractivity contribution in [3.8, 4) is 17.0 Å². The number of aryl methyl sites for hydroxylation is 2. The second-order valence-electron chi connectivity index (χ2n) is 17.1. The summed E-state index contributed by atoms with van der Waals surface area (Å²) >= 11 is 0. The lowest BCUT2D eigenvalue weighted by Crippen LogP contribution is -2.47. The van der Waals surface area contributed by atoms with Gasteiger partial charge < -0.3 is 14.4 Å². The zero-order valence-electron chi connectivity index (χ0n) is 32.7. The largest absolute Gasteiger partial charge is 0.488 e. The molecule has 4 fully saturated rings. The van der Waals surface area contributed by atoms with Crippen LogP contribution in [0, 0.1) is 30.1 Å². The van der Waals surface area contributed by atoms with E-state index < -0.39 is 50.6 Å². The van der Waals surface area contributed by atoms with Gasteiger partial charge in [0.25, 0.3) is 0 Å². The second-order valence-corrected chi connectivity index (χ2v) is 19.0. The number of hydrogen-bond donors (Lipinski definition) is 1. The van der Waals surface area contributed by atoms with E-state index in [1.54, 1.807) is 11.0 Å². The summed E-state index contributed by atoms with van der Waals surface area (Å²) in [7, 11) is -3.85. The molecule has 4 bridgehead atoms. The first-order valence-electron chi connectivity index (χ1n) is 20.8. The van der Waals surface area contributed by atoms with Crippen LogP contribution in [0.25, 0.3) is 22.2 Å². The Morgan fingerprint density at radius 2 is 1.79 bits per heavy atom. The molecule has 0 spiro atoms. The maximum atomic E-state index is 14.9. The molecule has 11 nitrogen and oxygen atoms in total. The minimum absolute atomic E-state index is 0.0241. The van der Waals surface area contributed by atoms with Crippen molar-refractivity contribution in [2.24, 2.45) is 23.2 Å². The molecule has 5 aliphatic rings. The number of amides is 2. The maximum Gasteiger partial charge on any atom is 0.306 e. The number of nitrogens with zero attached hydrogens (tertiary/aromatic N) is 2. The molecule has 12 heteroatoms. The lowest BCUT2D eigenvalue weighted by atomic mass is 9.86. The average Bonchev–Trinajstić information content (AvgIpc) is 4.07. The number of sulfonamides is 1. The van der Waals surface area contributed by atoms with E-state index in [9.17, 15) is 27.6 Å². The van der Waals surface area contributed by atoms with Gasteiger partial charge >= 0.3 is 5.97 Å². The number of carbonyl (C=O) groups excluding carboxylic acids is 4. The predicted molar refractivity (Wildman–Crippen MR) is 215 cm³/mol. The minimum Gasteiger partial charge on any atom is -0.488 e. The van der Waals surface area contributed by atoms with Gasteiger partial charge in [0.2, 0.25) is 21.8 Å². The third-order valence-corrected chi connectivity index (χ3v) is 14.9. The van der Waals surface area contributed by atoms with Crippen molar-refractivity contribution >= 4 is 44.5 Å². The molecule has 3 heterocycles. The maximum absolute atomic E-state index is 14.9. The van der Waals surface area contributed by atoms with Gasteiger partial charge in [0, 0.05) is 29.9 Å². The van der Waals surface area contributed by atoms with E-state index in [0.717, 1.165) is 72.7 Å². The number of nitrogens with one attached hydrogen (secondary N) is 1. The molecule has 3 saturated carbocycles. The second kappa shape index (κ2) is 16.0. The van der Waals surface area contributed by atoms with E-state index in [4.69, 9.17) is 14.5 Å². The van der Waals surface area contributed by atoms with Crippen LogP contribution in [-0.4, -0.2) is 72.4 Å². The molecule has 8 rings (SSSR count). The number of cyclic esters (lactones) is 1. The molecule has 3 aromatic rings. The molecule has 1 N–H and O–H groups in total. The van der Waals surface area contributed by atoms with Gasteiger partial charge in [-0.1, -0.05) is 49.2 Å². The van der Waals surface area contributed by atoms with Crippen LogP contribution < -0.4 is 9.46 Å². The fourth-order valence-electron chi connectivity index (χ4n) is 9.48. The smallest absolute Gasteiger partial charge is 0.306 e. The minimum atomic E-state index is -3.85. The van der Waals surface area contributed by atoms with Crippen LogP contribution in [0.15, 0.2) is 61.2 Å². The van der Waals surface area contributed by atoms with Gasteiger partial charge in [-0.3, -0.25) is 23.9 Å². The van der Waals surface area contributed by atoms with Crippen molar-refractivity contribution in [2.75, 3.05) is 13.2 Å². The summed E-state index contributed by atoms with van der Waals surface area (Å²) in [5.74, 6) is -2.17. The zero-order chi connectivity index (χ0) is 39.9. The summed E-state index contributed by atoms with van der Waals surface area (Å²) in [4.78, 5) is 63.2. The van der Waals surface area contributed by atoms with Crippen LogP contribution in [0.5, 0.6) is 5.75 Å². The monoisotopic (exact) mass is 795 g/mol. The first-order valence-corrected chi connectivity index (χ1v) is 22.3. The predicted octanol–water partition coefficient (Wildman–Crippen LogP) is 6.78. The Kier molecular flexibility index (Phi) is 11.0. The van der Waals surface area contributed by atoms with Crippen LogP contribution in [0.4, 0.5) is 0 Å². The lowest BCUT2D eigenvalue weighted by molar-refractivity contribution is -0.151. The summed E-state index contributed by atoms with van der Waals surface area (Å²) in [5, 5.41) is 0.251. The van der Waals surface area contributed by atoms with Crippen LogP contribution in [0.1, 0.15) is 94.6 Å². The summed E-state index contributed by atoms with van der Waals surface area (Å²) < 4.78 is 40.6. The van der Waals surface area contributed by atoms with Crippen LogP contribution in [0.3, 0.4) is 0 Å². The van der Waals surface area contributed by atoms with Crippen molar-refractivity contribution in [1.82, 2.24) is 14.6 Å². The Balaban J connectivity index is 1.16. The van der Waals surface area contributed by atoms with Gasteiger partial charge in [-0.2, -0.15) is 0 Å². The van der Waals surface area contributed by atoms with Gasteiger partial charge in [-0.15, -0.1) is 6.58 Å². The Labute approximate surface area is 335 Å². The molecule has 3 aliphatic carbocycles. The highest BCUT2D eigenvalue weighted by Gasteiger charge is 2.61. The van der Waals surface area contributed by atoms with E-state index in [0.29, 0.717) is 31.4 Å². The molecule has 0 radical (unpaired) electrons. The molecule has 302 valence electrons. The van der Waals surface area contributed by atoms with Crippen molar-refractivity contribution < 1.29 is 37.1 Å². The quantitative estimate of drug-likeness (QED) is 0.183. The Morgan fingerprint density at radius 3 is 2.51 bits per heavy atom. The van der Waals surface area contributed by atoms with Gasteiger partial charge in [-0.25, -0.2) is 13.4 Å². The van der Waals surface area contributed by atoms with Crippen molar-refractivity contribution in [3.05, 3.63) is 72.3 Å². The number of esters is 1. The summed E-state index contributed by atoms with van der Waals surface area (Å²) in [6.07, 6.45) is 9.04. The number of aromatic nitrogens is 1. The molecule has 57 heavy (non-hydrogen) atoms. The number of rotatable bonds is 9. The van der Waals surface area contributed by atoms with Crippen LogP contribution in [-0.2, 0) is 40.4 Å². The lowest BCUT2D eigenvalue weighted by Gasteiger charge is -2.31. The van der Waals surface area contributed by atoms with Crippen LogP contribution >= 0.6 is 0 Å². The molecule has 2 aliphatic heterocycles. The first kappa shape index (κ1) is 39.3. The summed E-state index contributed by atoms with van der Waals surface area (Å²) in [6, 6.07) is 15.1. The fraction of sp³-hybridized carbons (Fsp3) is 0.533.